The number of rotatable bonds is 3. The van der Waals surface area contributed by atoms with Crippen molar-refractivity contribution in [2.75, 3.05) is 18.9 Å². The molecule has 1 aromatic rings. The second kappa shape index (κ2) is 5.82. The van der Waals surface area contributed by atoms with Gasteiger partial charge < -0.3 is 15.8 Å². The highest BCUT2D eigenvalue weighted by molar-refractivity contribution is 5.94. The summed E-state index contributed by atoms with van der Waals surface area (Å²) in [6.07, 6.45) is 3.54. The molecule has 18 heavy (non-hydrogen) atoms. The van der Waals surface area contributed by atoms with Crippen LogP contribution < -0.4 is 11.1 Å². The lowest BCUT2D eigenvalue weighted by Gasteiger charge is -2.28. The van der Waals surface area contributed by atoms with Gasteiger partial charge in [0.25, 0.3) is 5.91 Å². The van der Waals surface area contributed by atoms with E-state index in [4.69, 9.17) is 10.5 Å². The monoisotopic (exact) mass is 249 g/mol. The van der Waals surface area contributed by atoms with Crippen molar-refractivity contribution in [1.29, 1.82) is 0 Å². The maximum atomic E-state index is 12.0. The van der Waals surface area contributed by atoms with Crippen molar-refractivity contribution in [3.05, 3.63) is 23.9 Å². The molecule has 0 radical (unpaired) electrons. The Hall–Kier alpha value is -1.62. The molecule has 1 saturated heterocycles. The fourth-order valence-corrected chi connectivity index (χ4v) is 2.21. The Kier molecular flexibility index (Phi) is 4.15. The molecule has 1 fully saturated rings. The first-order chi connectivity index (χ1) is 8.66. The molecular formula is C13H19N3O2. The predicted octanol–water partition coefficient (Wildman–Crippen LogP) is 1.21. The Labute approximate surface area is 107 Å². The van der Waals surface area contributed by atoms with Crippen LogP contribution in [0.15, 0.2) is 18.3 Å². The first-order valence-corrected chi connectivity index (χ1v) is 6.27. The quantitative estimate of drug-likeness (QED) is 0.844. The second-order valence-electron chi connectivity index (χ2n) is 4.68. The summed E-state index contributed by atoms with van der Waals surface area (Å²) in [5.74, 6) is 0.756. The lowest BCUT2D eigenvalue weighted by molar-refractivity contribution is 0.0538. The average molecular weight is 249 g/mol. The van der Waals surface area contributed by atoms with Gasteiger partial charge in [-0.2, -0.15) is 0 Å². The third kappa shape index (κ3) is 3.20. The van der Waals surface area contributed by atoms with Gasteiger partial charge in [-0.3, -0.25) is 4.79 Å². The molecular weight excluding hydrogens is 230 g/mol. The summed E-state index contributed by atoms with van der Waals surface area (Å²) < 4.78 is 5.32. The summed E-state index contributed by atoms with van der Waals surface area (Å²) in [5.41, 5.74) is 6.12. The van der Waals surface area contributed by atoms with Gasteiger partial charge in [-0.1, -0.05) is 0 Å². The summed E-state index contributed by atoms with van der Waals surface area (Å²) in [4.78, 5) is 15.9. The van der Waals surface area contributed by atoms with Crippen LogP contribution in [0.1, 0.15) is 30.1 Å². The molecule has 5 nitrogen and oxygen atoms in total. The molecule has 0 saturated carbocycles. The lowest BCUT2D eigenvalue weighted by atomic mass is 9.93. The number of amides is 1. The highest BCUT2D eigenvalue weighted by Gasteiger charge is 2.22. The van der Waals surface area contributed by atoms with Crippen molar-refractivity contribution in [2.24, 2.45) is 5.92 Å². The molecule has 1 amide bonds. The van der Waals surface area contributed by atoms with Crippen LogP contribution in [0.4, 0.5) is 5.82 Å². The van der Waals surface area contributed by atoms with Crippen molar-refractivity contribution in [3.8, 4) is 0 Å². The molecule has 3 N–H and O–H groups in total. The van der Waals surface area contributed by atoms with E-state index in [2.05, 4.69) is 10.3 Å². The van der Waals surface area contributed by atoms with Crippen LogP contribution in [0.25, 0.3) is 0 Å². The van der Waals surface area contributed by atoms with E-state index in [0.717, 1.165) is 26.1 Å². The molecule has 0 spiro atoms. The average Bonchev–Trinajstić information content (AvgIpc) is 2.39. The van der Waals surface area contributed by atoms with E-state index in [1.165, 1.54) is 0 Å². The van der Waals surface area contributed by atoms with Crippen molar-refractivity contribution < 1.29 is 9.53 Å². The first-order valence-electron chi connectivity index (χ1n) is 6.27. The summed E-state index contributed by atoms with van der Waals surface area (Å²) in [5, 5.41) is 3.02. The second-order valence-corrected chi connectivity index (χ2v) is 4.68. The minimum absolute atomic E-state index is 0.0944. The van der Waals surface area contributed by atoms with Gasteiger partial charge in [0.2, 0.25) is 0 Å². The smallest absolute Gasteiger partial charge is 0.251 e. The number of hydrogen-bond acceptors (Lipinski definition) is 4. The van der Waals surface area contributed by atoms with Crippen molar-refractivity contribution in [2.45, 2.75) is 25.8 Å². The van der Waals surface area contributed by atoms with Gasteiger partial charge in [0.1, 0.15) is 5.82 Å². The van der Waals surface area contributed by atoms with Crippen molar-refractivity contribution in [1.82, 2.24) is 10.3 Å². The number of nitrogen functional groups attached to an aromatic ring is 1. The normalized spacial score (nSPS) is 18.3. The fourth-order valence-electron chi connectivity index (χ4n) is 2.21. The summed E-state index contributed by atoms with van der Waals surface area (Å²) in [6, 6.07) is 3.41. The van der Waals surface area contributed by atoms with Gasteiger partial charge in [-0.15, -0.1) is 0 Å². The van der Waals surface area contributed by atoms with Gasteiger partial charge >= 0.3 is 0 Å². The Balaban J connectivity index is 1.94. The van der Waals surface area contributed by atoms with E-state index in [1.807, 2.05) is 6.92 Å². The van der Waals surface area contributed by atoms with E-state index < -0.39 is 0 Å². The van der Waals surface area contributed by atoms with Gasteiger partial charge in [0.05, 0.1) is 0 Å². The molecule has 2 heterocycles. The minimum atomic E-state index is -0.0944. The Morgan fingerprint density at radius 1 is 1.56 bits per heavy atom. The number of carbonyl (C=O) groups excluding carboxylic acids is 1. The minimum Gasteiger partial charge on any atom is -0.384 e. The molecule has 0 bridgehead atoms. The topological polar surface area (TPSA) is 77.2 Å². The Morgan fingerprint density at radius 3 is 2.94 bits per heavy atom. The Morgan fingerprint density at radius 2 is 2.28 bits per heavy atom. The number of carbonyl (C=O) groups is 1. The third-order valence-corrected chi connectivity index (χ3v) is 3.38. The molecule has 0 aliphatic carbocycles. The van der Waals surface area contributed by atoms with Crippen LogP contribution in [-0.2, 0) is 4.74 Å². The van der Waals surface area contributed by atoms with Crippen LogP contribution in [0.2, 0.25) is 0 Å². The van der Waals surface area contributed by atoms with E-state index >= 15 is 0 Å². The number of anilines is 1. The fraction of sp³-hybridized carbons (Fsp3) is 0.538. The van der Waals surface area contributed by atoms with Crippen LogP contribution in [-0.4, -0.2) is 30.1 Å². The van der Waals surface area contributed by atoms with Crippen molar-refractivity contribution in [3.63, 3.8) is 0 Å². The molecule has 1 unspecified atom stereocenters. The summed E-state index contributed by atoms with van der Waals surface area (Å²) >= 11 is 0. The highest BCUT2D eigenvalue weighted by atomic mass is 16.5. The molecule has 1 aliphatic rings. The maximum Gasteiger partial charge on any atom is 0.251 e. The van der Waals surface area contributed by atoms with Crippen LogP contribution in [0.3, 0.4) is 0 Å². The Bertz CT molecular complexity index is 416. The van der Waals surface area contributed by atoms with Crippen molar-refractivity contribution >= 4 is 11.7 Å². The number of hydrogen-bond donors (Lipinski definition) is 2. The lowest BCUT2D eigenvalue weighted by Crippen LogP contribution is -2.40. The van der Waals surface area contributed by atoms with Crippen LogP contribution in [0, 0.1) is 5.92 Å². The van der Waals surface area contributed by atoms with Crippen LogP contribution in [0.5, 0.6) is 0 Å². The summed E-state index contributed by atoms with van der Waals surface area (Å²) in [6.45, 7) is 3.61. The van der Waals surface area contributed by atoms with Gasteiger partial charge in [-0.25, -0.2) is 4.98 Å². The number of nitrogens with one attached hydrogen (secondary N) is 1. The number of nitrogens with zero attached hydrogens (tertiary/aromatic N) is 1. The largest absolute Gasteiger partial charge is 0.384 e. The van der Waals surface area contributed by atoms with Gasteiger partial charge in [0.15, 0.2) is 0 Å². The third-order valence-electron chi connectivity index (χ3n) is 3.38. The number of ether oxygens (including phenoxy) is 1. The molecule has 0 aromatic carbocycles. The van der Waals surface area contributed by atoms with Gasteiger partial charge in [-0.05, 0) is 37.8 Å². The highest BCUT2D eigenvalue weighted by Crippen LogP contribution is 2.18. The SMILES string of the molecule is CC(NC(=O)c1ccnc(N)c1)C1CCOCC1. The molecule has 1 atom stereocenters. The zero-order chi connectivity index (χ0) is 13.0. The number of pyridine rings is 1. The van der Waals surface area contributed by atoms with E-state index in [1.54, 1.807) is 18.3 Å². The van der Waals surface area contributed by atoms with E-state index in [-0.39, 0.29) is 11.9 Å². The molecule has 1 aromatic heterocycles. The maximum absolute atomic E-state index is 12.0. The van der Waals surface area contributed by atoms with Crippen LogP contribution >= 0.6 is 0 Å². The molecule has 1 aliphatic heterocycles. The molecule has 2 rings (SSSR count). The standard InChI is InChI=1S/C13H19N3O2/c1-9(10-3-6-18-7-4-10)16-13(17)11-2-5-15-12(14)8-11/h2,5,8-10H,3-4,6-7H2,1H3,(H2,14,15)(H,16,17). The summed E-state index contributed by atoms with van der Waals surface area (Å²) in [7, 11) is 0. The molecule has 5 heteroatoms. The predicted molar refractivity (Wildman–Crippen MR) is 69.1 cm³/mol. The van der Waals surface area contributed by atoms with E-state index in [9.17, 15) is 4.79 Å². The zero-order valence-corrected chi connectivity index (χ0v) is 10.6. The first kappa shape index (κ1) is 12.8. The van der Waals surface area contributed by atoms with E-state index in [0.29, 0.717) is 17.3 Å². The molecule has 98 valence electrons. The number of nitrogens with two attached hydrogens (primary N) is 1. The number of aromatic nitrogens is 1. The van der Waals surface area contributed by atoms with Gasteiger partial charge in [0, 0.05) is 31.0 Å². The zero-order valence-electron chi connectivity index (χ0n) is 10.6.